The smallest absolute Gasteiger partial charge is 0.329 e. The highest BCUT2D eigenvalue weighted by atomic mass is 35.5. The maximum Gasteiger partial charge on any atom is 0.329 e. The van der Waals surface area contributed by atoms with Gasteiger partial charge in [-0.15, -0.1) is 0 Å². The number of aromatic nitrogens is 2. The lowest BCUT2D eigenvalue weighted by Gasteiger charge is -2.38. The van der Waals surface area contributed by atoms with E-state index in [9.17, 15) is 19.5 Å². The van der Waals surface area contributed by atoms with Crippen molar-refractivity contribution in [2.45, 2.75) is 52.7 Å². The fourth-order valence-corrected chi connectivity index (χ4v) is 4.84. The van der Waals surface area contributed by atoms with Crippen LogP contribution in [0.4, 0.5) is 0 Å². The van der Waals surface area contributed by atoms with Crippen molar-refractivity contribution in [3.63, 3.8) is 0 Å². The predicted octanol–water partition coefficient (Wildman–Crippen LogP) is 4.01. The van der Waals surface area contributed by atoms with Gasteiger partial charge in [0.25, 0.3) is 0 Å². The summed E-state index contributed by atoms with van der Waals surface area (Å²) in [5.74, 6) is -2.56. The van der Waals surface area contributed by atoms with E-state index in [4.69, 9.17) is 27.9 Å². The Balaban J connectivity index is 1.76. The summed E-state index contributed by atoms with van der Waals surface area (Å²) in [5.41, 5.74) is -0.755. The monoisotopic (exact) mass is 495 g/mol. The lowest BCUT2D eigenvalue weighted by molar-refractivity contribution is -0.156. The summed E-state index contributed by atoms with van der Waals surface area (Å²) in [7, 11) is 0. The molecule has 8 nitrogen and oxygen atoms in total. The second-order valence-electron chi connectivity index (χ2n) is 9.10. The van der Waals surface area contributed by atoms with Gasteiger partial charge in [0.15, 0.2) is 0 Å². The molecule has 0 radical (unpaired) electrons. The fraction of sp³-hybridized carbons (Fsp3) is 0.478. The van der Waals surface area contributed by atoms with E-state index in [1.165, 1.54) is 6.33 Å². The number of carboxylic acid groups (broad SMARTS) is 1. The molecule has 33 heavy (non-hydrogen) atoms. The Labute approximate surface area is 202 Å². The zero-order valence-corrected chi connectivity index (χ0v) is 20.2. The molecule has 1 unspecified atom stereocenters. The predicted molar refractivity (Wildman–Crippen MR) is 123 cm³/mol. The standard InChI is InChI=1S/C23H27Cl2N3O5/c1-22(2)15(7-8-23(22,3)21(31)32)19(29)28-18(9-13-10-26-12-27-13)20(30)33-11-14-16(24)5-4-6-17(14)25/h4-6,10,12,15,18H,7-9,11H2,1-3H3,(H,26,27)(H,28,29)(H,31,32)/t15-,18?,23+/m1/s1. The minimum Gasteiger partial charge on any atom is -0.481 e. The molecule has 2 aromatic rings. The Morgan fingerprint density at radius 3 is 2.48 bits per heavy atom. The molecule has 178 valence electrons. The van der Waals surface area contributed by atoms with Gasteiger partial charge >= 0.3 is 11.9 Å². The van der Waals surface area contributed by atoms with Crippen LogP contribution in [0.2, 0.25) is 10.0 Å². The molecule has 0 spiro atoms. The van der Waals surface area contributed by atoms with Crippen molar-refractivity contribution in [2.24, 2.45) is 16.7 Å². The number of esters is 1. The number of aliphatic carboxylic acids is 1. The van der Waals surface area contributed by atoms with Gasteiger partial charge in [0.1, 0.15) is 12.6 Å². The first-order valence-electron chi connectivity index (χ1n) is 10.6. The first-order valence-corrected chi connectivity index (χ1v) is 11.3. The molecular weight excluding hydrogens is 469 g/mol. The van der Waals surface area contributed by atoms with Crippen molar-refractivity contribution < 1.29 is 24.2 Å². The number of hydrogen-bond acceptors (Lipinski definition) is 5. The minimum atomic E-state index is -1.05. The van der Waals surface area contributed by atoms with Gasteiger partial charge in [-0.25, -0.2) is 9.78 Å². The molecular formula is C23H27Cl2N3O5. The van der Waals surface area contributed by atoms with Gasteiger partial charge in [-0.1, -0.05) is 43.1 Å². The van der Waals surface area contributed by atoms with Crippen molar-refractivity contribution in [3.8, 4) is 0 Å². The summed E-state index contributed by atoms with van der Waals surface area (Å²) >= 11 is 12.3. The molecule has 1 heterocycles. The van der Waals surface area contributed by atoms with Crippen molar-refractivity contribution in [2.75, 3.05) is 0 Å². The number of amides is 1. The van der Waals surface area contributed by atoms with Crippen molar-refractivity contribution in [1.82, 2.24) is 15.3 Å². The largest absolute Gasteiger partial charge is 0.481 e. The van der Waals surface area contributed by atoms with Crippen LogP contribution in [0.1, 0.15) is 44.9 Å². The molecule has 0 aliphatic heterocycles. The van der Waals surface area contributed by atoms with Crippen LogP contribution in [0, 0.1) is 16.7 Å². The number of H-pyrrole nitrogens is 1. The summed E-state index contributed by atoms with van der Waals surface area (Å²) in [6, 6.07) is 3.96. The van der Waals surface area contributed by atoms with Gasteiger partial charge < -0.3 is 20.1 Å². The molecule has 0 saturated heterocycles. The number of imidazole rings is 1. The van der Waals surface area contributed by atoms with E-state index < -0.39 is 34.7 Å². The van der Waals surface area contributed by atoms with Crippen molar-refractivity contribution >= 4 is 41.0 Å². The van der Waals surface area contributed by atoms with E-state index in [1.54, 1.807) is 45.2 Å². The van der Waals surface area contributed by atoms with Crippen LogP contribution in [0.5, 0.6) is 0 Å². The maximum absolute atomic E-state index is 13.2. The molecule has 1 fully saturated rings. The molecule has 1 aliphatic rings. The number of carboxylic acids is 1. The quantitative estimate of drug-likeness (QED) is 0.475. The number of benzene rings is 1. The molecule has 3 atom stereocenters. The second kappa shape index (κ2) is 9.73. The number of aromatic amines is 1. The van der Waals surface area contributed by atoms with Gasteiger partial charge in [-0.3, -0.25) is 9.59 Å². The summed E-state index contributed by atoms with van der Waals surface area (Å²) < 4.78 is 5.44. The number of nitrogens with zero attached hydrogens (tertiary/aromatic N) is 1. The zero-order chi connectivity index (χ0) is 24.4. The van der Waals surface area contributed by atoms with Crippen LogP contribution in [0.3, 0.4) is 0 Å². The number of hydrogen-bond donors (Lipinski definition) is 3. The molecule has 1 aromatic carbocycles. The van der Waals surface area contributed by atoms with Crippen LogP contribution in [0.25, 0.3) is 0 Å². The SMILES string of the molecule is CC1(C)[C@@H](C(=O)NC(Cc2cnc[nH]2)C(=O)OCc2c(Cl)cccc2Cl)CC[C@@]1(C)C(=O)O. The van der Waals surface area contributed by atoms with E-state index in [0.29, 0.717) is 34.1 Å². The number of halogens is 2. The van der Waals surface area contributed by atoms with Crippen LogP contribution < -0.4 is 5.32 Å². The Kier molecular flexibility index (Phi) is 7.39. The van der Waals surface area contributed by atoms with Crippen LogP contribution >= 0.6 is 23.2 Å². The number of nitrogens with one attached hydrogen (secondary N) is 2. The minimum absolute atomic E-state index is 0.129. The van der Waals surface area contributed by atoms with Crippen LogP contribution in [-0.4, -0.2) is 39.0 Å². The number of ether oxygens (including phenoxy) is 1. The Hall–Kier alpha value is -2.58. The molecule has 1 saturated carbocycles. The molecule has 10 heteroatoms. The average molecular weight is 496 g/mol. The highest BCUT2D eigenvalue weighted by Crippen LogP contribution is 2.56. The van der Waals surface area contributed by atoms with Crippen molar-refractivity contribution in [3.05, 3.63) is 52.0 Å². The molecule has 1 amide bonds. The third kappa shape index (κ3) is 5.01. The van der Waals surface area contributed by atoms with E-state index in [2.05, 4.69) is 15.3 Å². The third-order valence-electron chi connectivity index (χ3n) is 7.02. The van der Waals surface area contributed by atoms with E-state index >= 15 is 0 Å². The average Bonchev–Trinajstić information content (AvgIpc) is 3.33. The number of rotatable bonds is 8. The van der Waals surface area contributed by atoms with Gasteiger partial charge in [0, 0.05) is 39.8 Å². The molecule has 1 aromatic heterocycles. The molecule has 3 rings (SSSR count). The van der Waals surface area contributed by atoms with Crippen LogP contribution in [-0.2, 0) is 32.1 Å². The van der Waals surface area contributed by atoms with Gasteiger partial charge in [0.2, 0.25) is 5.91 Å². The van der Waals surface area contributed by atoms with E-state index in [0.717, 1.165) is 0 Å². The Morgan fingerprint density at radius 2 is 1.94 bits per heavy atom. The summed E-state index contributed by atoms with van der Waals surface area (Å²) in [6.45, 7) is 5.06. The van der Waals surface area contributed by atoms with Gasteiger partial charge in [0.05, 0.1) is 11.7 Å². The number of carbonyl (C=O) groups is 3. The fourth-order valence-electron chi connectivity index (χ4n) is 4.34. The topological polar surface area (TPSA) is 121 Å². The molecule has 0 bridgehead atoms. The van der Waals surface area contributed by atoms with Crippen LogP contribution in [0.15, 0.2) is 30.7 Å². The Bertz CT molecular complexity index is 1020. The summed E-state index contributed by atoms with van der Waals surface area (Å²) in [5, 5.41) is 13.2. The molecule has 1 aliphatic carbocycles. The van der Waals surface area contributed by atoms with E-state index in [-0.39, 0.29) is 18.9 Å². The summed E-state index contributed by atoms with van der Waals surface area (Å²) in [4.78, 5) is 44.9. The lowest BCUT2D eigenvalue weighted by atomic mass is 9.65. The highest BCUT2D eigenvalue weighted by molar-refractivity contribution is 6.35. The normalized spacial score (nSPS) is 22.5. The second-order valence-corrected chi connectivity index (χ2v) is 9.91. The van der Waals surface area contributed by atoms with E-state index in [1.807, 2.05) is 0 Å². The number of carbonyl (C=O) groups excluding carboxylic acids is 2. The first-order chi connectivity index (χ1) is 15.5. The Morgan fingerprint density at radius 1 is 1.27 bits per heavy atom. The zero-order valence-electron chi connectivity index (χ0n) is 18.7. The lowest BCUT2D eigenvalue weighted by Crippen LogP contribution is -2.50. The van der Waals surface area contributed by atoms with Gasteiger partial charge in [-0.2, -0.15) is 0 Å². The maximum atomic E-state index is 13.2. The summed E-state index contributed by atoms with van der Waals surface area (Å²) in [6.07, 6.45) is 3.93. The van der Waals surface area contributed by atoms with Gasteiger partial charge in [-0.05, 0) is 37.3 Å². The van der Waals surface area contributed by atoms with Crippen molar-refractivity contribution in [1.29, 1.82) is 0 Å². The highest BCUT2D eigenvalue weighted by Gasteiger charge is 2.58. The first kappa shape index (κ1) is 25.1. The molecule has 3 N–H and O–H groups in total. The third-order valence-corrected chi connectivity index (χ3v) is 7.72.